The van der Waals surface area contributed by atoms with Gasteiger partial charge in [-0.2, -0.15) is 0 Å². The third kappa shape index (κ3) is 2.52. The molecule has 98 valence electrons. The van der Waals surface area contributed by atoms with E-state index in [4.69, 9.17) is 4.74 Å². The highest BCUT2D eigenvalue weighted by Gasteiger charge is 2.04. The van der Waals surface area contributed by atoms with E-state index in [1.54, 1.807) is 13.3 Å². The summed E-state index contributed by atoms with van der Waals surface area (Å²) in [6, 6.07) is 19.7. The van der Waals surface area contributed by atoms with Gasteiger partial charge in [0.25, 0.3) is 0 Å². The normalized spacial score (nSPS) is 10.2. The SMILES string of the molecule is COc1ccc(-c2ccnc(-c3ccccc3)n2)cc1. The molecule has 3 heteroatoms. The third-order valence-electron chi connectivity index (χ3n) is 3.07. The van der Waals surface area contributed by atoms with Gasteiger partial charge >= 0.3 is 0 Å². The molecule has 1 heterocycles. The minimum absolute atomic E-state index is 0.735. The molecule has 3 aromatic rings. The first-order valence-electron chi connectivity index (χ1n) is 6.40. The van der Waals surface area contributed by atoms with E-state index in [-0.39, 0.29) is 0 Å². The van der Waals surface area contributed by atoms with Crippen LogP contribution in [0, 0.1) is 0 Å². The Bertz CT molecular complexity index is 694. The van der Waals surface area contributed by atoms with Crippen molar-refractivity contribution in [1.29, 1.82) is 0 Å². The van der Waals surface area contributed by atoms with Crippen LogP contribution in [0.4, 0.5) is 0 Å². The lowest BCUT2D eigenvalue weighted by Crippen LogP contribution is -1.91. The van der Waals surface area contributed by atoms with Crippen LogP contribution < -0.4 is 4.74 Å². The lowest BCUT2D eigenvalue weighted by Gasteiger charge is -2.05. The lowest BCUT2D eigenvalue weighted by atomic mass is 10.1. The molecular weight excluding hydrogens is 248 g/mol. The van der Waals surface area contributed by atoms with Gasteiger partial charge in [0, 0.05) is 17.3 Å². The highest BCUT2D eigenvalue weighted by atomic mass is 16.5. The number of hydrogen-bond acceptors (Lipinski definition) is 3. The molecule has 0 aliphatic rings. The predicted molar refractivity (Wildman–Crippen MR) is 79.5 cm³/mol. The smallest absolute Gasteiger partial charge is 0.159 e. The van der Waals surface area contributed by atoms with Gasteiger partial charge in [-0.05, 0) is 30.3 Å². The fraction of sp³-hybridized carbons (Fsp3) is 0.0588. The minimum atomic E-state index is 0.735. The highest BCUT2D eigenvalue weighted by Crippen LogP contribution is 2.22. The first-order chi connectivity index (χ1) is 9.86. The third-order valence-corrected chi connectivity index (χ3v) is 3.07. The van der Waals surface area contributed by atoms with Gasteiger partial charge in [0.05, 0.1) is 12.8 Å². The number of hydrogen-bond donors (Lipinski definition) is 0. The van der Waals surface area contributed by atoms with Gasteiger partial charge in [-0.15, -0.1) is 0 Å². The summed E-state index contributed by atoms with van der Waals surface area (Å²) in [5, 5.41) is 0. The van der Waals surface area contributed by atoms with Crippen LogP contribution in [-0.2, 0) is 0 Å². The topological polar surface area (TPSA) is 35.0 Å². The van der Waals surface area contributed by atoms with E-state index < -0.39 is 0 Å². The van der Waals surface area contributed by atoms with Crippen molar-refractivity contribution in [1.82, 2.24) is 9.97 Å². The Labute approximate surface area is 117 Å². The number of benzene rings is 2. The minimum Gasteiger partial charge on any atom is -0.497 e. The molecule has 1 aromatic heterocycles. The Morgan fingerprint density at radius 3 is 2.25 bits per heavy atom. The van der Waals surface area contributed by atoms with Gasteiger partial charge in [-0.25, -0.2) is 9.97 Å². The Hall–Kier alpha value is -2.68. The zero-order valence-corrected chi connectivity index (χ0v) is 11.2. The number of aromatic nitrogens is 2. The molecule has 0 fully saturated rings. The van der Waals surface area contributed by atoms with Crippen molar-refractivity contribution in [3.63, 3.8) is 0 Å². The lowest BCUT2D eigenvalue weighted by molar-refractivity contribution is 0.415. The maximum Gasteiger partial charge on any atom is 0.159 e. The Balaban J connectivity index is 1.98. The number of nitrogens with zero attached hydrogens (tertiary/aromatic N) is 2. The molecule has 0 aliphatic carbocycles. The summed E-state index contributed by atoms with van der Waals surface area (Å²) in [4.78, 5) is 8.95. The molecule has 20 heavy (non-hydrogen) atoms. The standard InChI is InChI=1S/C17H14N2O/c1-20-15-9-7-13(8-10-15)16-11-12-18-17(19-16)14-5-3-2-4-6-14/h2-12H,1H3. The van der Waals surface area contributed by atoms with Gasteiger partial charge in [0.2, 0.25) is 0 Å². The molecule has 0 amide bonds. The second-order valence-electron chi connectivity index (χ2n) is 4.36. The van der Waals surface area contributed by atoms with Gasteiger partial charge in [-0.3, -0.25) is 0 Å². The van der Waals surface area contributed by atoms with E-state index in [1.807, 2.05) is 60.7 Å². The average molecular weight is 262 g/mol. The van der Waals surface area contributed by atoms with E-state index in [2.05, 4.69) is 9.97 Å². The van der Waals surface area contributed by atoms with Crippen molar-refractivity contribution in [3.05, 3.63) is 66.9 Å². The molecule has 0 aliphatic heterocycles. The first kappa shape index (κ1) is 12.4. The van der Waals surface area contributed by atoms with Crippen LogP contribution >= 0.6 is 0 Å². The summed E-state index contributed by atoms with van der Waals surface area (Å²) in [6.45, 7) is 0. The maximum atomic E-state index is 5.17. The van der Waals surface area contributed by atoms with E-state index >= 15 is 0 Å². The molecule has 0 N–H and O–H groups in total. The summed E-state index contributed by atoms with van der Waals surface area (Å²) in [7, 11) is 1.66. The highest BCUT2D eigenvalue weighted by molar-refractivity contribution is 5.63. The van der Waals surface area contributed by atoms with Gasteiger partial charge in [0.15, 0.2) is 5.82 Å². The van der Waals surface area contributed by atoms with Crippen LogP contribution in [-0.4, -0.2) is 17.1 Å². The number of ether oxygens (including phenoxy) is 1. The molecule has 0 radical (unpaired) electrons. The molecule has 0 bridgehead atoms. The molecule has 0 atom stereocenters. The van der Waals surface area contributed by atoms with Crippen molar-refractivity contribution in [2.45, 2.75) is 0 Å². The van der Waals surface area contributed by atoms with E-state index in [9.17, 15) is 0 Å². The first-order valence-corrected chi connectivity index (χ1v) is 6.40. The largest absolute Gasteiger partial charge is 0.497 e. The molecule has 0 saturated heterocycles. The monoisotopic (exact) mass is 262 g/mol. The van der Waals surface area contributed by atoms with Crippen LogP contribution in [0.1, 0.15) is 0 Å². The Morgan fingerprint density at radius 1 is 0.800 bits per heavy atom. The van der Waals surface area contributed by atoms with Crippen LogP contribution in [0.5, 0.6) is 5.75 Å². The van der Waals surface area contributed by atoms with Crippen LogP contribution in [0.3, 0.4) is 0 Å². The average Bonchev–Trinajstić information content (AvgIpc) is 2.56. The van der Waals surface area contributed by atoms with E-state index in [1.165, 1.54) is 0 Å². The molecule has 0 saturated carbocycles. The van der Waals surface area contributed by atoms with Crippen LogP contribution in [0.15, 0.2) is 66.9 Å². The maximum absolute atomic E-state index is 5.17. The van der Waals surface area contributed by atoms with E-state index in [0.29, 0.717) is 0 Å². The van der Waals surface area contributed by atoms with Gasteiger partial charge in [0.1, 0.15) is 5.75 Å². The molecular formula is C17H14N2O. The van der Waals surface area contributed by atoms with Crippen molar-refractivity contribution in [3.8, 4) is 28.4 Å². The summed E-state index contributed by atoms with van der Waals surface area (Å²) in [6.07, 6.45) is 1.79. The quantitative estimate of drug-likeness (QED) is 0.719. The second kappa shape index (κ2) is 5.53. The molecule has 3 rings (SSSR count). The molecule has 2 aromatic carbocycles. The van der Waals surface area contributed by atoms with Gasteiger partial charge < -0.3 is 4.74 Å². The molecule has 0 unspecified atom stereocenters. The number of methoxy groups -OCH3 is 1. The summed E-state index contributed by atoms with van der Waals surface area (Å²) < 4.78 is 5.17. The summed E-state index contributed by atoms with van der Waals surface area (Å²) in [5.74, 6) is 1.57. The van der Waals surface area contributed by atoms with Crippen molar-refractivity contribution in [2.75, 3.05) is 7.11 Å². The van der Waals surface area contributed by atoms with Crippen LogP contribution in [0.25, 0.3) is 22.6 Å². The van der Waals surface area contributed by atoms with Crippen LogP contribution in [0.2, 0.25) is 0 Å². The summed E-state index contributed by atoms with van der Waals surface area (Å²) >= 11 is 0. The zero-order valence-electron chi connectivity index (χ0n) is 11.2. The molecule has 3 nitrogen and oxygen atoms in total. The summed E-state index contributed by atoms with van der Waals surface area (Å²) in [5.41, 5.74) is 2.97. The zero-order chi connectivity index (χ0) is 13.8. The van der Waals surface area contributed by atoms with E-state index in [0.717, 1.165) is 28.4 Å². The van der Waals surface area contributed by atoms with Crippen molar-refractivity contribution < 1.29 is 4.74 Å². The van der Waals surface area contributed by atoms with Gasteiger partial charge in [-0.1, -0.05) is 30.3 Å². The fourth-order valence-corrected chi connectivity index (χ4v) is 2.01. The van der Waals surface area contributed by atoms with Crippen molar-refractivity contribution in [2.24, 2.45) is 0 Å². The Morgan fingerprint density at radius 2 is 1.55 bits per heavy atom. The van der Waals surface area contributed by atoms with Crippen molar-refractivity contribution >= 4 is 0 Å². The number of rotatable bonds is 3. The molecule has 0 spiro atoms. The fourth-order valence-electron chi connectivity index (χ4n) is 2.01. The predicted octanol–water partition coefficient (Wildman–Crippen LogP) is 3.82. The Kier molecular flexibility index (Phi) is 3.42. The second-order valence-corrected chi connectivity index (χ2v) is 4.36.